The molecule has 11 heteroatoms. The number of esters is 1. The first-order valence-corrected chi connectivity index (χ1v) is 8.41. The number of carbonyl (C=O) groups is 3. The average Bonchev–Trinajstić information content (AvgIpc) is 3.17. The molecular formula is C17H16ClN3O7. The van der Waals surface area contributed by atoms with Crippen LogP contribution in [0.2, 0.25) is 5.02 Å². The van der Waals surface area contributed by atoms with Crippen LogP contribution < -0.4 is 10.6 Å². The number of halogens is 1. The molecule has 0 aliphatic carbocycles. The van der Waals surface area contributed by atoms with Crippen LogP contribution in [0.25, 0.3) is 0 Å². The van der Waals surface area contributed by atoms with Crippen LogP contribution in [-0.4, -0.2) is 35.4 Å². The Labute approximate surface area is 163 Å². The fourth-order valence-electron chi connectivity index (χ4n) is 2.04. The highest BCUT2D eigenvalue weighted by Gasteiger charge is 2.20. The van der Waals surface area contributed by atoms with E-state index in [1.807, 2.05) is 0 Å². The van der Waals surface area contributed by atoms with Gasteiger partial charge in [-0.2, -0.15) is 0 Å². The standard InChI is InChI=1S/C17H16ClN3O7/c1-10(16(23)20-13-9-11(21(25)26)4-5-12(13)18)28-15(22)6-7-19-17(24)14-3-2-8-27-14/h2-5,8-10H,6-7H2,1H3,(H,19,24)(H,20,23). The van der Waals surface area contributed by atoms with Gasteiger partial charge in [0.25, 0.3) is 17.5 Å². The molecule has 0 aliphatic heterocycles. The zero-order valence-electron chi connectivity index (χ0n) is 14.6. The molecule has 0 fully saturated rings. The van der Waals surface area contributed by atoms with Crippen molar-refractivity contribution >= 4 is 40.8 Å². The molecule has 148 valence electrons. The van der Waals surface area contributed by atoms with Crippen molar-refractivity contribution in [2.45, 2.75) is 19.4 Å². The third-order valence-electron chi connectivity index (χ3n) is 3.46. The molecule has 0 radical (unpaired) electrons. The monoisotopic (exact) mass is 409 g/mol. The highest BCUT2D eigenvalue weighted by Crippen LogP contribution is 2.26. The van der Waals surface area contributed by atoms with Gasteiger partial charge < -0.3 is 19.8 Å². The minimum atomic E-state index is -1.18. The van der Waals surface area contributed by atoms with Crippen LogP contribution >= 0.6 is 11.6 Å². The maximum Gasteiger partial charge on any atom is 0.308 e. The number of benzene rings is 1. The molecule has 0 spiro atoms. The fourth-order valence-corrected chi connectivity index (χ4v) is 2.20. The molecule has 2 rings (SSSR count). The highest BCUT2D eigenvalue weighted by molar-refractivity contribution is 6.33. The number of hydrogen-bond acceptors (Lipinski definition) is 7. The van der Waals surface area contributed by atoms with Gasteiger partial charge in [0, 0.05) is 18.7 Å². The lowest BCUT2D eigenvalue weighted by Crippen LogP contribution is -2.32. The van der Waals surface area contributed by atoms with Crippen molar-refractivity contribution in [2.24, 2.45) is 0 Å². The molecule has 0 aliphatic rings. The van der Waals surface area contributed by atoms with Crippen molar-refractivity contribution in [3.05, 3.63) is 57.5 Å². The lowest BCUT2D eigenvalue weighted by atomic mass is 10.2. The number of rotatable bonds is 8. The number of nitrogens with one attached hydrogen (secondary N) is 2. The van der Waals surface area contributed by atoms with Crippen molar-refractivity contribution < 1.29 is 28.5 Å². The van der Waals surface area contributed by atoms with Gasteiger partial charge in [0.1, 0.15) is 0 Å². The molecular weight excluding hydrogens is 394 g/mol. The number of nitrogens with zero attached hydrogens (tertiary/aromatic N) is 1. The zero-order chi connectivity index (χ0) is 20.7. The molecule has 2 aromatic rings. The SMILES string of the molecule is CC(OC(=O)CCNC(=O)c1ccco1)C(=O)Nc1cc([N+](=O)[O-])ccc1Cl. The number of anilines is 1. The van der Waals surface area contributed by atoms with Crippen LogP contribution in [0.3, 0.4) is 0 Å². The fraction of sp³-hybridized carbons (Fsp3) is 0.235. The van der Waals surface area contributed by atoms with Crippen molar-refractivity contribution in [1.29, 1.82) is 0 Å². The van der Waals surface area contributed by atoms with E-state index in [4.69, 9.17) is 20.8 Å². The summed E-state index contributed by atoms with van der Waals surface area (Å²) in [4.78, 5) is 45.7. The Morgan fingerprint density at radius 3 is 2.71 bits per heavy atom. The van der Waals surface area contributed by atoms with E-state index in [2.05, 4.69) is 10.6 Å². The molecule has 1 unspecified atom stereocenters. The molecule has 10 nitrogen and oxygen atoms in total. The second-order valence-corrected chi connectivity index (χ2v) is 5.93. The average molecular weight is 410 g/mol. The molecule has 0 bridgehead atoms. The summed E-state index contributed by atoms with van der Waals surface area (Å²) < 4.78 is 9.88. The molecule has 0 saturated carbocycles. The highest BCUT2D eigenvalue weighted by atomic mass is 35.5. The Bertz CT molecular complexity index is 883. The van der Waals surface area contributed by atoms with E-state index in [0.29, 0.717) is 0 Å². The van der Waals surface area contributed by atoms with Gasteiger partial charge in [-0.1, -0.05) is 11.6 Å². The maximum absolute atomic E-state index is 12.1. The first-order chi connectivity index (χ1) is 13.3. The largest absolute Gasteiger partial charge is 0.459 e. The minimum Gasteiger partial charge on any atom is -0.459 e. The Hall–Kier alpha value is -3.40. The van der Waals surface area contributed by atoms with E-state index in [-0.39, 0.29) is 35.1 Å². The topological polar surface area (TPSA) is 141 Å². The summed E-state index contributed by atoms with van der Waals surface area (Å²) in [5.74, 6) is -1.80. The summed E-state index contributed by atoms with van der Waals surface area (Å²) >= 11 is 5.90. The summed E-state index contributed by atoms with van der Waals surface area (Å²) in [5.41, 5.74) is -0.230. The van der Waals surface area contributed by atoms with Gasteiger partial charge >= 0.3 is 5.97 Å². The van der Waals surface area contributed by atoms with Crippen LogP contribution in [0.15, 0.2) is 41.0 Å². The van der Waals surface area contributed by atoms with Crippen LogP contribution in [0.1, 0.15) is 23.9 Å². The van der Waals surface area contributed by atoms with Gasteiger partial charge in [-0.3, -0.25) is 24.5 Å². The van der Waals surface area contributed by atoms with Gasteiger partial charge in [-0.15, -0.1) is 0 Å². The zero-order valence-corrected chi connectivity index (χ0v) is 15.4. The lowest BCUT2D eigenvalue weighted by Gasteiger charge is -2.14. The summed E-state index contributed by atoms with van der Waals surface area (Å²) in [7, 11) is 0. The van der Waals surface area contributed by atoms with Crippen molar-refractivity contribution in [3.63, 3.8) is 0 Å². The molecule has 0 saturated heterocycles. The number of furan rings is 1. The Morgan fingerprint density at radius 2 is 2.07 bits per heavy atom. The molecule has 2 N–H and O–H groups in total. The van der Waals surface area contributed by atoms with Crippen molar-refractivity contribution in [1.82, 2.24) is 5.32 Å². The number of non-ortho nitro benzene ring substituents is 1. The van der Waals surface area contributed by atoms with Crippen LogP contribution in [0, 0.1) is 10.1 Å². The molecule has 2 amide bonds. The van der Waals surface area contributed by atoms with E-state index in [1.165, 1.54) is 31.4 Å². The minimum absolute atomic E-state index is 0.0105. The number of hydrogen-bond donors (Lipinski definition) is 2. The summed E-state index contributed by atoms with van der Waals surface area (Å²) in [6.45, 7) is 1.32. The first-order valence-electron chi connectivity index (χ1n) is 8.04. The molecule has 1 aromatic heterocycles. The predicted octanol–water partition coefficient (Wildman–Crippen LogP) is 2.53. The van der Waals surface area contributed by atoms with Crippen LogP contribution in [0.5, 0.6) is 0 Å². The van der Waals surface area contributed by atoms with E-state index in [9.17, 15) is 24.5 Å². The van der Waals surface area contributed by atoms with Gasteiger partial charge in [0.2, 0.25) is 0 Å². The van der Waals surface area contributed by atoms with Crippen LogP contribution in [0.4, 0.5) is 11.4 Å². The second-order valence-electron chi connectivity index (χ2n) is 5.53. The van der Waals surface area contributed by atoms with Crippen molar-refractivity contribution in [3.8, 4) is 0 Å². The number of ether oxygens (including phenoxy) is 1. The van der Waals surface area contributed by atoms with E-state index in [1.54, 1.807) is 6.07 Å². The van der Waals surface area contributed by atoms with Gasteiger partial charge in [0.15, 0.2) is 11.9 Å². The van der Waals surface area contributed by atoms with Crippen molar-refractivity contribution in [2.75, 3.05) is 11.9 Å². The molecule has 1 heterocycles. The third-order valence-corrected chi connectivity index (χ3v) is 3.79. The number of nitro groups is 1. The molecule has 1 atom stereocenters. The second kappa shape index (κ2) is 9.51. The summed E-state index contributed by atoms with van der Waals surface area (Å²) in [6.07, 6.45) is 0.00206. The lowest BCUT2D eigenvalue weighted by molar-refractivity contribution is -0.384. The van der Waals surface area contributed by atoms with Gasteiger partial charge in [-0.05, 0) is 25.1 Å². The summed E-state index contributed by atoms with van der Waals surface area (Å²) in [6, 6.07) is 6.58. The van der Waals surface area contributed by atoms with Gasteiger partial charge in [0.05, 0.1) is 28.3 Å². The van der Waals surface area contributed by atoms with Gasteiger partial charge in [-0.25, -0.2) is 0 Å². The molecule has 1 aromatic carbocycles. The number of nitro benzene ring substituents is 1. The Balaban J connectivity index is 1.81. The maximum atomic E-state index is 12.1. The first kappa shape index (κ1) is 20.9. The smallest absolute Gasteiger partial charge is 0.308 e. The predicted molar refractivity (Wildman–Crippen MR) is 97.9 cm³/mol. The van der Waals surface area contributed by atoms with Crippen LogP contribution in [-0.2, 0) is 14.3 Å². The number of amides is 2. The third kappa shape index (κ3) is 5.81. The molecule has 28 heavy (non-hydrogen) atoms. The van der Waals surface area contributed by atoms with E-state index in [0.717, 1.165) is 6.07 Å². The normalized spacial score (nSPS) is 11.4. The Kier molecular flexibility index (Phi) is 7.10. The Morgan fingerprint density at radius 1 is 1.32 bits per heavy atom. The number of carbonyl (C=O) groups excluding carboxylic acids is 3. The quantitative estimate of drug-likeness (QED) is 0.387. The summed E-state index contributed by atoms with van der Waals surface area (Å²) in [5, 5.41) is 15.7. The van der Waals surface area contributed by atoms with E-state index >= 15 is 0 Å². The van der Waals surface area contributed by atoms with E-state index < -0.39 is 28.8 Å².